The zero-order chi connectivity index (χ0) is 7.56. The zero-order valence-corrected chi connectivity index (χ0v) is 5.69. The van der Waals surface area contributed by atoms with Crippen molar-refractivity contribution >= 4 is 11.6 Å². The summed E-state index contributed by atoms with van der Waals surface area (Å²) < 4.78 is 12.6. The minimum absolute atomic E-state index is 0.0148. The summed E-state index contributed by atoms with van der Waals surface area (Å²) in [6, 6.07) is 5.99. The zero-order valence-electron chi connectivity index (χ0n) is 4.94. The van der Waals surface area contributed by atoms with Crippen LogP contribution in [0.5, 0.6) is 0 Å². The number of hydrogen-bond acceptors (Lipinski definition) is 1. The molecule has 1 nitrogen and oxygen atoms in total. The molecule has 0 aliphatic carbocycles. The quantitative estimate of drug-likeness (QED) is 0.564. The molecule has 10 heavy (non-hydrogen) atoms. The molecule has 0 aliphatic heterocycles. The van der Waals surface area contributed by atoms with Crippen LogP contribution in [0.15, 0.2) is 18.2 Å². The second-order valence-corrected chi connectivity index (χ2v) is 2.12. The minimum atomic E-state index is -0.647. The number of nitrogens with zero attached hydrogens (tertiary/aromatic N) is 1. The van der Waals surface area contributed by atoms with Gasteiger partial charge in [0.05, 0.1) is 10.6 Å². The van der Waals surface area contributed by atoms with Gasteiger partial charge in [-0.05, 0) is 12.1 Å². The van der Waals surface area contributed by atoms with Crippen molar-refractivity contribution in [1.29, 1.82) is 5.26 Å². The molecule has 0 saturated heterocycles. The lowest BCUT2D eigenvalue weighted by molar-refractivity contribution is 0.624. The summed E-state index contributed by atoms with van der Waals surface area (Å²) in [4.78, 5) is 0. The lowest BCUT2D eigenvalue weighted by Gasteiger charge is -1.92. The number of rotatable bonds is 0. The lowest BCUT2D eigenvalue weighted by atomic mass is 10.2. The molecule has 0 fully saturated rings. The molecule has 1 aromatic carbocycles. The summed E-state index contributed by atoms with van der Waals surface area (Å²) in [5.74, 6) is -0.647. The Bertz CT molecular complexity index is 290. The summed E-state index contributed by atoms with van der Waals surface area (Å²) in [6.07, 6.45) is 0. The third-order valence-electron chi connectivity index (χ3n) is 1.07. The van der Waals surface area contributed by atoms with Crippen LogP contribution in [-0.4, -0.2) is 0 Å². The lowest BCUT2D eigenvalue weighted by Crippen LogP contribution is -1.82. The van der Waals surface area contributed by atoms with Crippen LogP contribution in [0.1, 0.15) is 5.56 Å². The van der Waals surface area contributed by atoms with E-state index in [1.54, 1.807) is 6.07 Å². The standard InChI is InChI=1S/C7H3ClFN/c8-6-3-1-2-5(4-10)7(6)9/h1-3H. The monoisotopic (exact) mass is 155 g/mol. The Kier molecular flexibility index (Phi) is 1.88. The van der Waals surface area contributed by atoms with E-state index in [-0.39, 0.29) is 10.6 Å². The molecule has 50 valence electrons. The number of benzene rings is 1. The highest BCUT2D eigenvalue weighted by molar-refractivity contribution is 6.30. The first-order chi connectivity index (χ1) is 4.75. The van der Waals surface area contributed by atoms with E-state index in [0.717, 1.165) is 0 Å². The average Bonchev–Trinajstić information content (AvgIpc) is 1.95. The van der Waals surface area contributed by atoms with Crippen LogP contribution in [-0.2, 0) is 0 Å². The molecule has 1 rings (SSSR count). The second-order valence-electron chi connectivity index (χ2n) is 1.71. The van der Waals surface area contributed by atoms with Gasteiger partial charge in [0.15, 0.2) is 5.82 Å². The van der Waals surface area contributed by atoms with Crippen molar-refractivity contribution < 1.29 is 4.39 Å². The molecular formula is C7H3ClFN. The topological polar surface area (TPSA) is 23.8 Å². The second kappa shape index (κ2) is 2.68. The van der Waals surface area contributed by atoms with Crippen LogP contribution in [0.2, 0.25) is 5.02 Å². The molecule has 0 aromatic heterocycles. The van der Waals surface area contributed by atoms with Crippen molar-refractivity contribution in [3.63, 3.8) is 0 Å². The molecule has 3 heteroatoms. The van der Waals surface area contributed by atoms with Crippen molar-refractivity contribution in [2.45, 2.75) is 0 Å². The van der Waals surface area contributed by atoms with Crippen molar-refractivity contribution in [3.8, 4) is 6.07 Å². The molecular weight excluding hydrogens is 153 g/mol. The Morgan fingerprint density at radius 3 is 2.70 bits per heavy atom. The van der Waals surface area contributed by atoms with Gasteiger partial charge in [-0.3, -0.25) is 0 Å². The molecule has 0 bridgehead atoms. The van der Waals surface area contributed by atoms with Gasteiger partial charge in [-0.25, -0.2) is 4.39 Å². The highest BCUT2D eigenvalue weighted by atomic mass is 35.5. The van der Waals surface area contributed by atoms with Crippen molar-refractivity contribution in [3.05, 3.63) is 34.6 Å². The van der Waals surface area contributed by atoms with Crippen molar-refractivity contribution in [2.75, 3.05) is 0 Å². The van der Waals surface area contributed by atoms with Gasteiger partial charge in [-0.15, -0.1) is 0 Å². The van der Waals surface area contributed by atoms with E-state index in [4.69, 9.17) is 16.9 Å². The summed E-state index contributed by atoms with van der Waals surface area (Å²) in [5, 5.41) is 8.28. The SMILES string of the molecule is N#Cc1cccc(Cl)c1F. The Hall–Kier alpha value is -1.07. The minimum Gasteiger partial charge on any atom is -0.204 e. The number of nitriles is 1. The van der Waals surface area contributed by atoms with Crippen LogP contribution >= 0.6 is 11.6 Å². The molecule has 0 unspecified atom stereocenters. The van der Waals surface area contributed by atoms with E-state index in [1.807, 2.05) is 0 Å². The predicted molar refractivity (Wildman–Crippen MR) is 36.1 cm³/mol. The molecule has 0 atom stereocenters. The summed E-state index contributed by atoms with van der Waals surface area (Å²) in [6.45, 7) is 0. The maximum atomic E-state index is 12.6. The molecule has 0 aliphatic rings. The fourth-order valence-corrected chi connectivity index (χ4v) is 0.765. The van der Waals surface area contributed by atoms with Crippen molar-refractivity contribution in [1.82, 2.24) is 0 Å². The number of halogens is 2. The summed E-state index contributed by atoms with van der Waals surface area (Å²) >= 11 is 5.37. The summed E-state index contributed by atoms with van der Waals surface area (Å²) in [7, 11) is 0. The molecule has 0 heterocycles. The molecule has 0 spiro atoms. The fourth-order valence-electron chi connectivity index (χ4n) is 0.590. The Morgan fingerprint density at radius 2 is 2.20 bits per heavy atom. The molecule has 0 saturated carbocycles. The maximum absolute atomic E-state index is 12.6. The molecule has 0 radical (unpaired) electrons. The van der Waals surface area contributed by atoms with Crippen LogP contribution in [0.25, 0.3) is 0 Å². The first kappa shape index (κ1) is 7.04. The third kappa shape index (κ3) is 1.09. The highest BCUT2D eigenvalue weighted by Gasteiger charge is 2.03. The number of hydrogen-bond donors (Lipinski definition) is 0. The van der Waals surface area contributed by atoms with Gasteiger partial charge in [0.25, 0.3) is 0 Å². The van der Waals surface area contributed by atoms with Crippen molar-refractivity contribution in [2.24, 2.45) is 0 Å². The molecule has 0 amide bonds. The van der Waals surface area contributed by atoms with Gasteiger partial charge in [0.2, 0.25) is 0 Å². The van der Waals surface area contributed by atoms with E-state index >= 15 is 0 Å². The van der Waals surface area contributed by atoms with Gasteiger partial charge >= 0.3 is 0 Å². The van der Waals surface area contributed by atoms with Crippen LogP contribution in [0.3, 0.4) is 0 Å². The van der Waals surface area contributed by atoms with Gasteiger partial charge in [0.1, 0.15) is 6.07 Å². The predicted octanol–water partition coefficient (Wildman–Crippen LogP) is 2.35. The van der Waals surface area contributed by atoms with E-state index in [9.17, 15) is 4.39 Å². The maximum Gasteiger partial charge on any atom is 0.159 e. The Labute approximate surface area is 62.7 Å². The smallest absolute Gasteiger partial charge is 0.159 e. The fraction of sp³-hybridized carbons (Fsp3) is 0. The van der Waals surface area contributed by atoms with E-state index in [2.05, 4.69) is 0 Å². The van der Waals surface area contributed by atoms with E-state index < -0.39 is 5.82 Å². The van der Waals surface area contributed by atoms with Gasteiger partial charge in [-0.1, -0.05) is 17.7 Å². The van der Waals surface area contributed by atoms with Crippen LogP contribution in [0.4, 0.5) is 4.39 Å². The van der Waals surface area contributed by atoms with Gasteiger partial charge in [0, 0.05) is 0 Å². The first-order valence-corrected chi connectivity index (χ1v) is 2.97. The van der Waals surface area contributed by atoms with E-state index in [0.29, 0.717) is 0 Å². The highest BCUT2D eigenvalue weighted by Crippen LogP contribution is 2.16. The van der Waals surface area contributed by atoms with Gasteiger partial charge < -0.3 is 0 Å². The summed E-state index contributed by atoms with van der Waals surface area (Å²) in [5.41, 5.74) is -0.0208. The van der Waals surface area contributed by atoms with Crippen LogP contribution < -0.4 is 0 Å². The molecule has 0 N–H and O–H groups in total. The molecule has 1 aromatic rings. The normalized spacial score (nSPS) is 8.90. The third-order valence-corrected chi connectivity index (χ3v) is 1.36. The largest absolute Gasteiger partial charge is 0.204 e. The van der Waals surface area contributed by atoms with E-state index in [1.165, 1.54) is 18.2 Å². The Morgan fingerprint density at radius 1 is 1.50 bits per heavy atom. The van der Waals surface area contributed by atoms with Gasteiger partial charge in [-0.2, -0.15) is 5.26 Å². The van der Waals surface area contributed by atoms with Crippen LogP contribution in [0, 0.1) is 17.1 Å². The average molecular weight is 156 g/mol. The Balaban J connectivity index is 3.31. The first-order valence-electron chi connectivity index (χ1n) is 2.60.